The lowest BCUT2D eigenvalue weighted by Crippen LogP contribution is -2.34. The summed E-state index contributed by atoms with van der Waals surface area (Å²) in [5.41, 5.74) is -0.855. The van der Waals surface area contributed by atoms with Crippen molar-refractivity contribution in [1.29, 1.82) is 0 Å². The third kappa shape index (κ3) is 5.12. The highest BCUT2D eigenvalue weighted by Crippen LogP contribution is 2.35. The molecule has 0 N–H and O–H groups in total. The second-order valence-corrected chi connectivity index (χ2v) is 6.37. The summed E-state index contributed by atoms with van der Waals surface area (Å²) < 4.78 is 40.0. The van der Waals surface area contributed by atoms with Crippen LogP contribution < -0.4 is 0 Å². The van der Waals surface area contributed by atoms with Crippen LogP contribution in [0.4, 0.5) is 13.2 Å². The molecule has 1 aliphatic rings. The lowest BCUT2D eigenvalue weighted by Gasteiger charge is -2.23. The van der Waals surface area contributed by atoms with E-state index in [9.17, 15) is 18.0 Å². The lowest BCUT2D eigenvalue weighted by atomic mass is 10.0. The van der Waals surface area contributed by atoms with Crippen LogP contribution in [-0.4, -0.2) is 29.6 Å². The molecule has 2 nitrogen and oxygen atoms in total. The van der Waals surface area contributed by atoms with Gasteiger partial charge in [0.2, 0.25) is 5.91 Å². The Morgan fingerprint density at radius 3 is 2.35 bits per heavy atom. The topological polar surface area (TPSA) is 20.3 Å². The second-order valence-electron chi connectivity index (χ2n) is 6.37. The highest BCUT2D eigenvalue weighted by molar-refractivity contribution is 5.96. The van der Waals surface area contributed by atoms with E-state index in [0.29, 0.717) is 12.5 Å². The number of hydrogen-bond acceptors (Lipinski definition) is 1. The number of rotatable bonds is 6. The van der Waals surface area contributed by atoms with E-state index in [2.05, 4.69) is 0 Å². The van der Waals surface area contributed by atoms with Gasteiger partial charge >= 0.3 is 6.18 Å². The minimum absolute atomic E-state index is 0.0213. The molecule has 0 spiro atoms. The predicted molar refractivity (Wildman–Crippen MR) is 84.7 cm³/mol. The summed E-state index contributed by atoms with van der Waals surface area (Å²) in [5.74, 6) is -0.131. The normalized spacial score (nSPS) is 15.8. The van der Waals surface area contributed by atoms with Gasteiger partial charge in [0, 0.05) is 18.7 Å². The number of hydrogen-bond donors (Lipinski definition) is 0. The average Bonchev–Trinajstić information content (AvgIpc) is 3.29. The molecule has 1 aromatic rings. The zero-order valence-electron chi connectivity index (χ0n) is 13.4. The van der Waals surface area contributed by atoms with Gasteiger partial charge in [0.05, 0.1) is 5.57 Å². The zero-order chi connectivity index (χ0) is 17.0. The number of benzene rings is 1. The van der Waals surface area contributed by atoms with Crippen LogP contribution in [0.15, 0.2) is 36.4 Å². The fraction of sp³-hybridized carbons (Fsp3) is 0.500. The van der Waals surface area contributed by atoms with Crippen molar-refractivity contribution in [3.63, 3.8) is 0 Å². The number of amides is 1. The van der Waals surface area contributed by atoms with Crippen LogP contribution in [0.3, 0.4) is 0 Å². The molecule has 1 aliphatic carbocycles. The maximum atomic E-state index is 13.3. The van der Waals surface area contributed by atoms with Crippen molar-refractivity contribution in [3.8, 4) is 0 Å². The van der Waals surface area contributed by atoms with Gasteiger partial charge in [-0.3, -0.25) is 4.79 Å². The molecule has 0 aromatic heterocycles. The lowest BCUT2D eigenvalue weighted by molar-refractivity contribution is -0.127. The maximum Gasteiger partial charge on any atom is 0.417 e. The van der Waals surface area contributed by atoms with E-state index in [1.165, 1.54) is 24.3 Å². The summed E-state index contributed by atoms with van der Waals surface area (Å²) in [4.78, 5) is 14.0. The first-order chi connectivity index (χ1) is 10.8. The smallest absolute Gasteiger partial charge is 0.336 e. The molecule has 5 heteroatoms. The van der Waals surface area contributed by atoms with Gasteiger partial charge in [-0.15, -0.1) is 0 Å². The van der Waals surface area contributed by atoms with Crippen LogP contribution in [0.1, 0.15) is 38.7 Å². The third-order valence-corrected chi connectivity index (χ3v) is 3.88. The maximum absolute atomic E-state index is 13.3. The molecule has 23 heavy (non-hydrogen) atoms. The summed E-state index contributed by atoms with van der Waals surface area (Å²) in [7, 11) is 0. The second kappa shape index (κ2) is 7.20. The third-order valence-electron chi connectivity index (χ3n) is 3.88. The van der Waals surface area contributed by atoms with Crippen molar-refractivity contribution in [2.45, 2.75) is 45.3 Å². The Morgan fingerprint density at radius 2 is 1.87 bits per heavy atom. The number of halogens is 3. The molecule has 1 aromatic carbocycles. The van der Waals surface area contributed by atoms with E-state index in [4.69, 9.17) is 0 Å². The molecule has 1 fully saturated rings. The Hall–Kier alpha value is -1.78. The molecule has 126 valence electrons. The standard InChI is InChI=1S/C18H22F3NO/c1-13(2)10-11-22(15-8-9-15)17(23)12-16(18(19,20)21)14-6-4-3-5-7-14/h3-7,12-13,15H,8-11H2,1-2H3/b16-12-. The van der Waals surface area contributed by atoms with Gasteiger partial charge in [-0.05, 0) is 30.7 Å². The van der Waals surface area contributed by atoms with Crippen molar-refractivity contribution in [2.24, 2.45) is 5.92 Å². The molecule has 1 amide bonds. The van der Waals surface area contributed by atoms with Gasteiger partial charge in [-0.1, -0.05) is 44.2 Å². The molecule has 0 atom stereocenters. The summed E-state index contributed by atoms with van der Waals surface area (Å²) >= 11 is 0. The molecular formula is C18H22F3NO. The van der Waals surface area contributed by atoms with Gasteiger partial charge in [0.1, 0.15) is 0 Å². The van der Waals surface area contributed by atoms with Crippen LogP contribution in [0, 0.1) is 5.92 Å². The minimum atomic E-state index is -4.55. The molecule has 0 bridgehead atoms. The monoisotopic (exact) mass is 325 g/mol. The fourth-order valence-electron chi connectivity index (χ4n) is 2.41. The van der Waals surface area contributed by atoms with Crippen molar-refractivity contribution >= 4 is 11.5 Å². The van der Waals surface area contributed by atoms with E-state index in [0.717, 1.165) is 25.3 Å². The molecule has 0 unspecified atom stereocenters. The SMILES string of the molecule is CC(C)CCN(C(=O)/C=C(/c1ccccc1)C(F)(F)F)C1CC1. The molecule has 0 saturated heterocycles. The number of allylic oxidation sites excluding steroid dienone is 1. The van der Waals surface area contributed by atoms with Crippen LogP contribution in [0.25, 0.3) is 5.57 Å². The molecule has 0 radical (unpaired) electrons. The average molecular weight is 325 g/mol. The predicted octanol–water partition coefficient (Wildman–Crippen LogP) is 4.67. The number of alkyl halides is 3. The van der Waals surface area contributed by atoms with Crippen LogP contribution in [0.5, 0.6) is 0 Å². The first-order valence-electron chi connectivity index (χ1n) is 7.94. The Labute approximate surface area is 135 Å². The van der Waals surface area contributed by atoms with E-state index >= 15 is 0 Å². The minimum Gasteiger partial charge on any atom is -0.336 e. The van der Waals surface area contributed by atoms with Crippen molar-refractivity contribution in [2.75, 3.05) is 6.54 Å². The quantitative estimate of drug-likeness (QED) is 0.696. The van der Waals surface area contributed by atoms with Crippen LogP contribution in [0.2, 0.25) is 0 Å². The van der Waals surface area contributed by atoms with Crippen molar-refractivity contribution in [1.82, 2.24) is 4.90 Å². The Bertz CT molecular complexity index is 559. The van der Waals surface area contributed by atoms with E-state index in [1.807, 2.05) is 13.8 Å². The van der Waals surface area contributed by atoms with Gasteiger partial charge in [-0.2, -0.15) is 13.2 Å². The van der Waals surface area contributed by atoms with E-state index in [1.54, 1.807) is 11.0 Å². The Kier molecular flexibility index (Phi) is 5.50. The van der Waals surface area contributed by atoms with Crippen LogP contribution >= 0.6 is 0 Å². The molecule has 0 heterocycles. The molecule has 2 rings (SSSR count). The zero-order valence-corrected chi connectivity index (χ0v) is 13.4. The summed E-state index contributed by atoms with van der Waals surface area (Å²) in [6.45, 7) is 4.59. The molecule has 1 saturated carbocycles. The number of carbonyl (C=O) groups is 1. The molecule has 0 aliphatic heterocycles. The number of nitrogens with zero attached hydrogens (tertiary/aromatic N) is 1. The fourth-order valence-corrected chi connectivity index (χ4v) is 2.41. The summed E-state index contributed by atoms with van der Waals surface area (Å²) in [5, 5.41) is 0. The van der Waals surface area contributed by atoms with Crippen LogP contribution in [-0.2, 0) is 4.79 Å². The van der Waals surface area contributed by atoms with Gasteiger partial charge in [0.25, 0.3) is 0 Å². The van der Waals surface area contributed by atoms with E-state index in [-0.39, 0.29) is 11.6 Å². The van der Waals surface area contributed by atoms with Gasteiger partial charge in [0.15, 0.2) is 0 Å². The first kappa shape index (κ1) is 17.6. The van der Waals surface area contributed by atoms with Gasteiger partial charge in [-0.25, -0.2) is 0 Å². The Balaban J connectivity index is 2.24. The highest BCUT2D eigenvalue weighted by atomic mass is 19.4. The Morgan fingerprint density at radius 1 is 1.26 bits per heavy atom. The van der Waals surface area contributed by atoms with Gasteiger partial charge < -0.3 is 4.90 Å². The highest BCUT2D eigenvalue weighted by Gasteiger charge is 2.37. The van der Waals surface area contributed by atoms with Crippen molar-refractivity contribution in [3.05, 3.63) is 42.0 Å². The summed E-state index contributed by atoms with van der Waals surface area (Å²) in [6, 6.07) is 7.58. The summed E-state index contributed by atoms with van der Waals surface area (Å²) in [6.07, 6.45) is -1.24. The van der Waals surface area contributed by atoms with E-state index < -0.39 is 17.7 Å². The number of carbonyl (C=O) groups excluding carboxylic acids is 1. The molecular weight excluding hydrogens is 303 g/mol. The van der Waals surface area contributed by atoms with Crippen molar-refractivity contribution < 1.29 is 18.0 Å². The largest absolute Gasteiger partial charge is 0.417 e. The first-order valence-corrected chi connectivity index (χ1v) is 7.94.